The van der Waals surface area contributed by atoms with Crippen LogP contribution in [0.5, 0.6) is 0 Å². The third-order valence-electron chi connectivity index (χ3n) is 3.83. The Balaban J connectivity index is 2.11. The molecule has 0 bridgehead atoms. The van der Waals surface area contributed by atoms with Gasteiger partial charge in [-0.05, 0) is 49.0 Å². The summed E-state index contributed by atoms with van der Waals surface area (Å²) in [6.45, 7) is 3.17. The largest absolute Gasteiger partial charge is 0.326 e. The summed E-state index contributed by atoms with van der Waals surface area (Å²) in [5.41, 5.74) is 7.68. The van der Waals surface area contributed by atoms with Crippen LogP contribution in [-0.2, 0) is 6.42 Å². The van der Waals surface area contributed by atoms with Crippen LogP contribution in [0, 0.1) is 0 Å². The van der Waals surface area contributed by atoms with Crippen LogP contribution < -0.4 is 5.73 Å². The van der Waals surface area contributed by atoms with Crippen LogP contribution in [0.15, 0.2) is 46.3 Å². The minimum atomic E-state index is 0.146. The fourth-order valence-corrected chi connectivity index (χ4v) is 3.74. The minimum Gasteiger partial charge on any atom is -0.326 e. The van der Waals surface area contributed by atoms with Crippen LogP contribution in [0.1, 0.15) is 29.8 Å². The molecule has 2 nitrogen and oxygen atoms in total. The fraction of sp³-hybridized carbons (Fsp3) is 0.412. The molecule has 0 amide bonds. The molecule has 0 aliphatic heterocycles. The Morgan fingerprint density at radius 3 is 2.71 bits per heavy atom. The van der Waals surface area contributed by atoms with E-state index in [1.165, 1.54) is 10.4 Å². The maximum atomic E-state index is 6.39. The summed E-state index contributed by atoms with van der Waals surface area (Å²) < 4.78 is 1.11. The van der Waals surface area contributed by atoms with Gasteiger partial charge in [-0.3, -0.25) is 4.90 Å². The highest BCUT2D eigenvalue weighted by Crippen LogP contribution is 2.26. The summed E-state index contributed by atoms with van der Waals surface area (Å²) in [6.07, 6.45) is 2.05. The Morgan fingerprint density at radius 2 is 2.10 bits per heavy atom. The summed E-state index contributed by atoms with van der Waals surface area (Å²) in [5, 5.41) is 2.14. The summed E-state index contributed by atoms with van der Waals surface area (Å²) in [7, 11) is 2.18. The second kappa shape index (κ2) is 8.08. The molecule has 2 unspecified atom stereocenters. The molecule has 2 rings (SSSR count). The van der Waals surface area contributed by atoms with Crippen LogP contribution in [0.2, 0.25) is 0 Å². The van der Waals surface area contributed by atoms with Gasteiger partial charge in [-0.1, -0.05) is 41.1 Å². The SMILES string of the molecule is CCC(N)C(c1cccc(Br)c1)N(C)CCc1cccs1. The normalized spacial score (nSPS) is 14.3. The van der Waals surface area contributed by atoms with Crippen molar-refractivity contribution in [3.05, 3.63) is 56.7 Å². The Kier molecular flexibility index (Phi) is 6.42. The summed E-state index contributed by atoms with van der Waals surface area (Å²) in [4.78, 5) is 3.82. The lowest BCUT2D eigenvalue weighted by Gasteiger charge is -2.33. The number of hydrogen-bond acceptors (Lipinski definition) is 3. The first-order valence-corrected chi connectivity index (χ1v) is 9.02. The van der Waals surface area contributed by atoms with Gasteiger partial charge in [0.1, 0.15) is 0 Å². The van der Waals surface area contributed by atoms with Crippen molar-refractivity contribution in [2.45, 2.75) is 31.8 Å². The van der Waals surface area contributed by atoms with E-state index in [1.807, 2.05) is 11.3 Å². The van der Waals surface area contributed by atoms with Gasteiger partial charge < -0.3 is 5.73 Å². The van der Waals surface area contributed by atoms with Gasteiger partial charge in [0.25, 0.3) is 0 Å². The lowest BCUT2D eigenvalue weighted by atomic mass is 9.96. The van der Waals surface area contributed by atoms with Crippen LogP contribution in [-0.4, -0.2) is 24.5 Å². The van der Waals surface area contributed by atoms with Crippen LogP contribution in [0.3, 0.4) is 0 Å². The quantitative estimate of drug-likeness (QED) is 0.783. The van der Waals surface area contributed by atoms with Gasteiger partial charge in [0.2, 0.25) is 0 Å². The molecular formula is C17H23BrN2S. The van der Waals surface area contributed by atoms with E-state index in [9.17, 15) is 0 Å². The van der Waals surface area contributed by atoms with Gasteiger partial charge in [0.05, 0.1) is 0 Å². The predicted molar refractivity (Wildman–Crippen MR) is 95.8 cm³/mol. The molecule has 21 heavy (non-hydrogen) atoms. The van der Waals surface area contributed by atoms with E-state index in [2.05, 4.69) is 76.6 Å². The van der Waals surface area contributed by atoms with Gasteiger partial charge >= 0.3 is 0 Å². The van der Waals surface area contributed by atoms with E-state index in [-0.39, 0.29) is 12.1 Å². The molecule has 0 spiro atoms. The van der Waals surface area contributed by atoms with E-state index in [0.717, 1.165) is 23.9 Å². The maximum Gasteiger partial charge on any atom is 0.0496 e. The molecule has 0 aliphatic rings. The zero-order valence-corrected chi connectivity index (χ0v) is 15.0. The molecule has 2 aromatic rings. The average molecular weight is 367 g/mol. The topological polar surface area (TPSA) is 29.3 Å². The van der Waals surface area contributed by atoms with Crippen molar-refractivity contribution in [3.8, 4) is 0 Å². The molecule has 1 heterocycles. The zero-order valence-electron chi connectivity index (χ0n) is 12.6. The number of halogens is 1. The van der Waals surface area contributed by atoms with Crippen molar-refractivity contribution < 1.29 is 0 Å². The Bertz CT molecular complexity index is 541. The molecule has 0 saturated heterocycles. The Morgan fingerprint density at radius 1 is 1.29 bits per heavy atom. The number of thiophene rings is 1. The highest BCUT2D eigenvalue weighted by molar-refractivity contribution is 9.10. The van der Waals surface area contributed by atoms with E-state index >= 15 is 0 Å². The molecule has 114 valence electrons. The van der Waals surface area contributed by atoms with Crippen molar-refractivity contribution in [1.82, 2.24) is 4.90 Å². The summed E-state index contributed by atoms with van der Waals surface area (Å²) in [6, 6.07) is 13.2. The van der Waals surface area contributed by atoms with Gasteiger partial charge in [-0.2, -0.15) is 0 Å². The fourth-order valence-electron chi connectivity index (χ4n) is 2.62. The maximum absolute atomic E-state index is 6.39. The van der Waals surface area contributed by atoms with Crippen LogP contribution in [0.25, 0.3) is 0 Å². The first kappa shape index (κ1) is 16.7. The molecule has 1 aromatic carbocycles. The first-order valence-electron chi connectivity index (χ1n) is 7.35. The number of likely N-dealkylation sites (N-methyl/N-ethyl adjacent to an activating group) is 1. The van der Waals surface area contributed by atoms with E-state index in [4.69, 9.17) is 5.73 Å². The molecule has 0 fully saturated rings. The summed E-state index contributed by atoms with van der Waals surface area (Å²) >= 11 is 5.39. The first-order chi connectivity index (χ1) is 10.1. The average Bonchev–Trinajstić information content (AvgIpc) is 2.98. The third-order valence-corrected chi connectivity index (χ3v) is 5.26. The lowest BCUT2D eigenvalue weighted by molar-refractivity contribution is 0.212. The van der Waals surface area contributed by atoms with Crippen LogP contribution in [0.4, 0.5) is 0 Å². The van der Waals surface area contributed by atoms with E-state index in [1.54, 1.807) is 0 Å². The van der Waals surface area contributed by atoms with Crippen molar-refractivity contribution in [2.24, 2.45) is 5.73 Å². The van der Waals surface area contributed by atoms with Gasteiger partial charge in [-0.15, -0.1) is 11.3 Å². The van der Waals surface area contributed by atoms with E-state index in [0.29, 0.717) is 0 Å². The van der Waals surface area contributed by atoms with Crippen molar-refractivity contribution in [3.63, 3.8) is 0 Å². The highest BCUT2D eigenvalue weighted by Gasteiger charge is 2.23. The molecule has 1 aromatic heterocycles. The zero-order chi connectivity index (χ0) is 15.2. The monoisotopic (exact) mass is 366 g/mol. The Hall–Kier alpha value is -0.680. The molecule has 0 saturated carbocycles. The number of benzene rings is 1. The van der Waals surface area contributed by atoms with Crippen LogP contribution >= 0.6 is 27.3 Å². The van der Waals surface area contributed by atoms with Gasteiger partial charge in [0.15, 0.2) is 0 Å². The second-order valence-corrected chi connectivity index (χ2v) is 7.33. The molecular weight excluding hydrogens is 344 g/mol. The molecule has 2 N–H and O–H groups in total. The third kappa shape index (κ3) is 4.65. The number of nitrogens with zero attached hydrogens (tertiary/aromatic N) is 1. The second-order valence-electron chi connectivity index (χ2n) is 5.38. The number of rotatable bonds is 7. The number of nitrogens with two attached hydrogens (primary N) is 1. The van der Waals surface area contributed by atoms with Gasteiger partial charge in [0, 0.05) is 28.0 Å². The Labute approximate surface area is 140 Å². The smallest absolute Gasteiger partial charge is 0.0496 e. The number of hydrogen-bond donors (Lipinski definition) is 1. The van der Waals surface area contributed by atoms with Crippen molar-refractivity contribution in [2.75, 3.05) is 13.6 Å². The molecule has 4 heteroatoms. The molecule has 2 atom stereocenters. The summed E-state index contributed by atoms with van der Waals surface area (Å²) in [5.74, 6) is 0. The lowest BCUT2D eigenvalue weighted by Crippen LogP contribution is -2.39. The molecule has 0 aliphatic carbocycles. The minimum absolute atomic E-state index is 0.146. The van der Waals surface area contributed by atoms with Crippen molar-refractivity contribution >= 4 is 27.3 Å². The van der Waals surface area contributed by atoms with Gasteiger partial charge in [-0.25, -0.2) is 0 Å². The molecule has 0 radical (unpaired) electrons. The van der Waals surface area contributed by atoms with E-state index < -0.39 is 0 Å². The predicted octanol–water partition coefficient (Wildman–Crippen LogP) is 4.46. The standard InChI is InChI=1S/C17H23BrN2S/c1-3-16(19)17(13-6-4-7-14(18)12-13)20(2)10-9-15-8-5-11-21-15/h4-8,11-12,16-17H,3,9-10,19H2,1-2H3. The highest BCUT2D eigenvalue weighted by atomic mass is 79.9. The van der Waals surface area contributed by atoms with Crippen molar-refractivity contribution in [1.29, 1.82) is 0 Å².